The number of allylic oxidation sites excluding steroid dienone is 1. The summed E-state index contributed by atoms with van der Waals surface area (Å²) in [6, 6.07) is 5.58. The number of halogens is 4. The molecule has 3 heterocycles. The number of hydrogen-bond acceptors (Lipinski definition) is 7. The van der Waals surface area contributed by atoms with Crippen LogP contribution in [0.4, 0.5) is 29.1 Å². The minimum Gasteiger partial charge on any atom is -0.404 e. The number of fused-ring (bicyclic) bond motifs is 1. The molecule has 1 atom stereocenters. The predicted octanol–water partition coefficient (Wildman–Crippen LogP) is 5.07. The third-order valence-electron chi connectivity index (χ3n) is 5.51. The largest absolute Gasteiger partial charge is 0.451 e. The van der Waals surface area contributed by atoms with E-state index in [9.17, 15) is 17.6 Å². The molecule has 4 aromatic rings. The number of nitrogens with two attached hydrogens (primary N) is 1. The third kappa shape index (κ3) is 5.51. The first-order valence-electron chi connectivity index (χ1n) is 11.3. The molecule has 38 heavy (non-hydrogen) atoms. The Balaban J connectivity index is 1.85. The van der Waals surface area contributed by atoms with Gasteiger partial charge >= 0.3 is 6.18 Å². The molecule has 0 aliphatic heterocycles. The lowest BCUT2D eigenvalue weighted by Crippen LogP contribution is -2.10. The molecule has 0 fully saturated rings. The number of aliphatic imine (C=N–C) groups is 2. The van der Waals surface area contributed by atoms with Crippen molar-refractivity contribution in [3.63, 3.8) is 0 Å². The summed E-state index contributed by atoms with van der Waals surface area (Å²) in [5, 5.41) is 0.475. The molecule has 3 aromatic heterocycles. The van der Waals surface area contributed by atoms with Crippen LogP contribution in [0.3, 0.4) is 0 Å². The molecule has 0 spiro atoms. The maximum atomic E-state index is 14.1. The summed E-state index contributed by atoms with van der Waals surface area (Å²) in [4.78, 5) is 26.0. The normalized spacial score (nSPS) is 13.6. The van der Waals surface area contributed by atoms with E-state index in [1.807, 2.05) is 6.92 Å². The molecule has 0 bridgehead atoms. The van der Waals surface area contributed by atoms with Gasteiger partial charge in [-0.15, -0.1) is 0 Å². The van der Waals surface area contributed by atoms with Crippen molar-refractivity contribution in [3.05, 3.63) is 72.6 Å². The van der Waals surface area contributed by atoms with Crippen LogP contribution >= 0.6 is 0 Å². The Labute approximate surface area is 215 Å². The molecule has 1 unspecified atom stereocenters. The first-order chi connectivity index (χ1) is 18.1. The van der Waals surface area contributed by atoms with E-state index in [2.05, 4.69) is 29.9 Å². The molecule has 0 aliphatic rings. The van der Waals surface area contributed by atoms with Gasteiger partial charge in [0.1, 0.15) is 17.8 Å². The Kier molecular flexibility index (Phi) is 7.46. The molecule has 0 amide bonds. The quantitative estimate of drug-likeness (QED) is 0.205. The molecular formula is C25H23F4N9. The lowest BCUT2D eigenvalue weighted by Gasteiger charge is -2.15. The topological polar surface area (TPSA) is 110 Å². The van der Waals surface area contributed by atoms with Crippen molar-refractivity contribution < 1.29 is 17.6 Å². The van der Waals surface area contributed by atoms with Gasteiger partial charge in [0.2, 0.25) is 5.82 Å². The van der Waals surface area contributed by atoms with Crippen molar-refractivity contribution in [1.82, 2.24) is 29.4 Å². The first-order valence-corrected chi connectivity index (χ1v) is 11.3. The SMILES string of the molecule is CC(C(C=Nc1ccccc1F)=CN)n1cc(-c2cnc(C(F)(F)F)nc2)c2c(N=CN(C)C)ncnc21. The molecule has 0 radical (unpaired) electrons. The molecule has 2 N–H and O–H groups in total. The molecule has 0 saturated heterocycles. The number of aromatic nitrogens is 5. The highest BCUT2D eigenvalue weighted by atomic mass is 19.4. The van der Waals surface area contributed by atoms with Crippen LogP contribution in [0.1, 0.15) is 18.8 Å². The van der Waals surface area contributed by atoms with Gasteiger partial charge in [-0.25, -0.2) is 29.3 Å². The predicted molar refractivity (Wildman–Crippen MR) is 137 cm³/mol. The second-order valence-corrected chi connectivity index (χ2v) is 8.40. The van der Waals surface area contributed by atoms with Gasteiger partial charge in [0.15, 0.2) is 5.82 Å². The highest BCUT2D eigenvalue weighted by molar-refractivity contribution is 6.01. The minimum absolute atomic E-state index is 0.140. The van der Waals surface area contributed by atoms with Crippen molar-refractivity contribution in [3.8, 4) is 11.1 Å². The monoisotopic (exact) mass is 525 g/mol. The van der Waals surface area contributed by atoms with Crippen molar-refractivity contribution in [2.45, 2.75) is 19.1 Å². The Morgan fingerprint density at radius 2 is 1.79 bits per heavy atom. The summed E-state index contributed by atoms with van der Waals surface area (Å²) in [5.41, 5.74) is 7.77. The summed E-state index contributed by atoms with van der Waals surface area (Å²) in [7, 11) is 3.57. The molecule has 4 rings (SSSR count). The Hall–Kier alpha value is -4.68. The van der Waals surface area contributed by atoms with Gasteiger partial charge in [-0.2, -0.15) is 13.2 Å². The molecule has 1 aromatic carbocycles. The maximum Gasteiger partial charge on any atom is 0.451 e. The van der Waals surface area contributed by atoms with Gasteiger partial charge in [-0.3, -0.25) is 4.99 Å². The Morgan fingerprint density at radius 1 is 1.08 bits per heavy atom. The fourth-order valence-corrected chi connectivity index (χ4v) is 3.62. The zero-order valence-corrected chi connectivity index (χ0v) is 20.6. The van der Waals surface area contributed by atoms with Gasteiger partial charge in [0.05, 0.1) is 23.5 Å². The number of nitrogens with zero attached hydrogens (tertiary/aromatic N) is 8. The summed E-state index contributed by atoms with van der Waals surface area (Å²) in [6.45, 7) is 1.82. The van der Waals surface area contributed by atoms with Gasteiger partial charge < -0.3 is 15.2 Å². The molecule has 0 saturated carbocycles. The van der Waals surface area contributed by atoms with Crippen LogP contribution in [0.25, 0.3) is 22.2 Å². The van der Waals surface area contributed by atoms with Crippen molar-refractivity contribution in [2.75, 3.05) is 14.1 Å². The van der Waals surface area contributed by atoms with Crippen molar-refractivity contribution in [2.24, 2.45) is 15.7 Å². The highest BCUT2D eigenvalue weighted by Crippen LogP contribution is 2.37. The van der Waals surface area contributed by atoms with Gasteiger partial charge in [0, 0.05) is 61.8 Å². The minimum atomic E-state index is -4.68. The van der Waals surface area contributed by atoms with Crippen LogP contribution in [-0.2, 0) is 6.18 Å². The second-order valence-electron chi connectivity index (χ2n) is 8.40. The van der Waals surface area contributed by atoms with Crippen LogP contribution in [0, 0.1) is 5.82 Å². The number of benzene rings is 1. The van der Waals surface area contributed by atoms with E-state index in [1.165, 1.54) is 30.9 Å². The van der Waals surface area contributed by atoms with E-state index in [0.717, 1.165) is 12.4 Å². The molecular weight excluding hydrogens is 502 g/mol. The van der Waals surface area contributed by atoms with Crippen molar-refractivity contribution >= 4 is 35.1 Å². The first kappa shape index (κ1) is 26.4. The van der Waals surface area contributed by atoms with Crippen LogP contribution in [0.15, 0.2) is 70.9 Å². The fraction of sp³-hybridized carbons (Fsp3) is 0.200. The van der Waals surface area contributed by atoms with Crippen LogP contribution in [0.5, 0.6) is 0 Å². The highest BCUT2D eigenvalue weighted by Gasteiger charge is 2.34. The fourth-order valence-electron chi connectivity index (χ4n) is 3.62. The third-order valence-corrected chi connectivity index (χ3v) is 5.51. The maximum absolute atomic E-state index is 14.1. The molecule has 196 valence electrons. The zero-order chi connectivity index (χ0) is 27.4. The second kappa shape index (κ2) is 10.7. The average Bonchev–Trinajstić information content (AvgIpc) is 3.28. The van der Waals surface area contributed by atoms with E-state index >= 15 is 0 Å². The van der Waals surface area contributed by atoms with E-state index < -0.39 is 23.9 Å². The number of hydrogen-bond donors (Lipinski definition) is 1. The van der Waals surface area contributed by atoms with Crippen molar-refractivity contribution in [1.29, 1.82) is 0 Å². The Morgan fingerprint density at radius 3 is 2.42 bits per heavy atom. The standard InChI is InChI=1S/C25H23F4N9/c1-15(16(8-30)9-31-20-7-5-4-6-19(20)26)38-12-18(17-10-32-24(33-11-17)25(27,28)29)21-22(36-14-37(2)3)34-13-35-23(21)38/h4-15H,30H2,1-3H3. The lowest BCUT2D eigenvalue weighted by molar-refractivity contribution is -0.144. The summed E-state index contributed by atoms with van der Waals surface area (Å²) in [6.07, 6.45) is 4.85. The van der Waals surface area contributed by atoms with Gasteiger partial charge in [-0.1, -0.05) is 12.1 Å². The molecule has 13 heteroatoms. The number of rotatable bonds is 7. The average molecular weight is 526 g/mol. The van der Waals surface area contributed by atoms with Crippen LogP contribution in [-0.4, -0.2) is 56.1 Å². The van der Waals surface area contributed by atoms with Crippen LogP contribution in [0.2, 0.25) is 0 Å². The van der Waals surface area contributed by atoms with E-state index in [-0.39, 0.29) is 5.69 Å². The summed E-state index contributed by atoms with van der Waals surface area (Å²) in [5.74, 6) is -1.44. The summed E-state index contributed by atoms with van der Waals surface area (Å²) >= 11 is 0. The van der Waals surface area contributed by atoms with Crippen LogP contribution < -0.4 is 5.73 Å². The van der Waals surface area contributed by atoms with E-state index in [4.69, 9.17) is 5.73 Å². The smallest absolute Gasteiger partial charge is 0.404 e. The van der Waals surface area contributed by atoms with Gasteiger partial charge in [0.25, 0.3) is 0 Å². The number of para-hydroxylation sites is 1. The van der Waals surface area contributed by atoms with E-state index in [1.54, 1.807) is 48.2 Å². The lowest BCUT2D eigenvalue weighted by atomic mass is 10.1. The zero-order valence-electron chi connectivity index (χ0n) is 20.6. The number of alkyl halides is 3. The van der Waals surface area contributed by atoms with E-state index in [0.29, 0.717) is 33.6 Å². The molecule has 9 nitrogen and oxygen atoms in total. The van der Waals surface area contributed by atoms with Gasteiger partial charge in [-0.05, 0) is 19.1 Å². The Bertz CT molecular complexity index is 1520. The molecule has 0 aliphatic carbocycles. The summed E-state index contributed by atoms with van der Waals surface area (Å²) < 4.78 is 55.0.